The van der Waals surface area contributed by atoms with E-state index in [-0.39, 0.29) is 17.9 Å². The smallest absolute Gasteiger partial charge is 0.313 e. The van der Waals surface area contributed by atoms with Crippen LogP contribution in [0.4, 0.5) is 11.4 Å². The quantitative estimate of drug-likeness (QED) is 0.273. The molecule has 0 atom stereocenters. The van der Waals surface area contributed by atoms with Crippen molar-refractivity contribution >= 4 is 35.2 Å². The maximum Gasteiger partial charge on any atom is 0.313 e. The molecule has 0 unspecified atom stereocenters. The number of nitrogens with zero attached hydrogens (tertiary/aromatic N) is 1. The van der Waals surface area contributed by atoms with Crippen LogP contribution in [0, 0.1) is 25.2 Å². The fourth-order valence-corrected chi connectivity index (χ4v) is 3.01. The van der Waals surface area contributed by atoms with Crippen molar-refractivity contribution < 1.29 is 23.5 Å². The number of hydrogen-bond donors (Lipinski definition) is 3. The van der Waals surface area contributed by atoms with E-state index in [0.717, 1.165) is 11.1 Å². The average Bonchev–Trinajstić information content (AvgIpc) is 3.30. The molecule has 0 aliphatic carbocycles. The lowest BCUT2D eigenvalue weighted by Crippen LogP contribution is -2.34. The third-order valence-electron chi connectivity index (χ3n) is 5.06. The Labute approximate surface area is 202 Å². The van der Waals surface area contributed by atoms with E-state index in [2.05, 4.69) is 16.0 Å². The number of aryl methyl sites for hydroxylation is 2. The van der Waals surface area contributed by atoms with E-state index < -0.39 is 17.7 Å². The van der Waals surface area contributed by atoms with Gasteiger partial charge in [-0.05, 0) is 61.4 Å². The Morgan fingerprint density at radius 1 is 0.943 bits per heavy atom. The molecule has 0 saturated heterocycles. The highest BCUT2D eigenvalue weighted by Gasteiger charge is 2.15. The van der Waals surface area contributed by atoms with Crippen LogP contribution in [0.1, 0.15) is 22.6 Å². The van der Waals surface area contributed by atoms with Crippen LogP contribution in [0.5, 0.6) is 5.75 Å². The van der Waals surface area contributed by atoms with E-state index in [1.807, 2.05) is 26.0 Å². The van der Waals surface area contributed by atoms with Crippen molar-refractivity contribution in [3.63, 3.8) is 0 Å². The molecule has 0 spiro atoms. The monoisotopic (exact) mass is 472 g/mol. The second-order valence-electron chi connectivity index (χ2n) is 7.60. The maximum atomic E-state index is 12.4. The van der Waals surface area contributed by atoms with E-state index >= 15 is 0 Å². The second kappa shape index (κ2) is 11.3. The largest absolute Gasteiger partial charge is 0.497 e. The van der Waals surface area contributed by atoms with E-state index in [0.29, 0.717) is 22.9 Å². The van der Waals surface area contributed by atoms with Gasteiger partial charge in [-0.25, -0.2) is 0 Å². The van der Waals surface area contributed by atoms with Crippen LogP contribution >= 0.6 is 0 Å². The van der Waals surface area contributed by atoms with Gasteiger partial charge in [0.05, 0.1) is 13.7 Å². The zero-order chi connectivity index (χ0) is 25.4. The van der Waals surface area contributed by atoms with Crippen LogP contribution in [0.2, 0.25) is 0 Å². The fourth-order valence-electron chi connectivity index (χ4n) is 3.01. The number of carbonyl (C=O) groups is 3. The third kappa shape index (κ3) is 6.82. The molecule has 1 aromatic heterocycles. The normalized spacial score (nSPS) is 10.7. The Bertz CT molecular complexity index is 1330. The van der Waals surface area contributed by atoms with Crippen molar-refractivity contribution in [3.05, 3.63) is 82.8 Å². The van der Waals surface area contributed by atoms with Gasteiger partial charge in [0.15, 0.2) is 0 Å². The number of carbonyl (C=O) groups excluding carboxylic acids is 3. The lowest BCUT2D eigenvalue weighted by atomic mass is 10.1. The maximum absolute atomic E-state index is 12.4. The molecule has 0 bridgehead atoms. The first-order valence-corrected chi connectivity index (χ1v) is 10.6. The van der Waals surface area contributed by atoms with E-state index in [1.165, 1.54) is 13.2 Å². The number of methoxy groups -OCH3 is 1. The molecule has 0 aliphatic rings. The van der Waals surface area contributed by atoms with Crippen LogP contribution in [0.15, 0.2) is 64.6 Å². The molecular weight excluding hydrogens is 448 g/mol. The first-order chi connectivity index (χ1) is 16.8. The van der Waals surface area contributed by atoms with Crippen LogP contribution < -0.4 is 20.7 Å². The summed E-state index contributed by atoms with van der Waals surface area (Å²) in [5, 5.41) is 17.0. The number of nitriles is 1. The van der Waals surface area contributed by atoms with Crippen LogP contribution in [-0.2, 0) is 20.9 Å². The van der Waals surface area contributed by atoms with Crippen LogP contribution in [0.25, 0.3) is 6.08 Å². The van der Waals surface area contributed by atoms with Gasteiger partial charge in [0.1, 0.15) is 28.9 Å². The summed E-state index contributed by atoms with van der Waals surface area (Å²) in [6.45, 7) is 3.81. The molecule has 3 aromatic rings. The molecule has 3 amide bonds. The summed E-state index contributed by atoms with van der Waals surface area (Å²) >= 11 is 0. The van der Waals surface area contributed by atoms with Gasteiger partial charge in [-0.3, -0.25) is 14.4 Å². The highest BCUT2D eigenvalue weighted by molar-refractivity contribution is 6.39. The first-order valence-electron chi connectivity index (χ1n) is 10.6. The van der Waals surface area contributed by atoms with E-state index in [9.17, 15) is 19.6 Å². The predicted octanol–water partition coefficient (Wildman–Crippen LogP) is 3.71. The summed E-state index contributed by atoms with van der Waals surface area (Å²) < 4.78 is 10.7. The summed E-state index contributed by atoms with van der Waals surface area (Å²) in [6.07, 6.45) is 1.28. The molecule has 9 nitrogen and oxygen atoms in total. The summed E-state index contributed by atoms with van der Waals surface area (Å²) in [7, 11) is 1.51. The van der Waals surface area contributed by atoms with Crippen molar-refractivity contribution in [1.82, 2.24) is 5.32 Å². The van der Waals surface area contributed by atoms with E-state index in [1.54, 1.807) is 48.5 Å². The number of amides is 3. The van der Waals surface area contributed by atoms with Gasteiger partial charge in [-0.2, -0.15) is 5.26 Å². The van der Waals surface area contributed by atoms with Crippen molar-refractivity contribution in [3.8, 4) is 11.8 Å². The van der Waals surface area contributed by atoms with Crippen molar-refractivity contribution in [2.24, 2.45) is 0 Å². The molecule has 0 saturated carbocycles. The lowest BCUT2D eigenvalue weighted by molar-refractivity contribution is -0.136. The minimum Gasteiger partial charge on any atom is -0.497 e. The molecule has 2 aromatic carbocycles. The number of benzene rings is 2. The molecule has 3 N–H and O–H groups in total. The predicted molar refractivity (Wildman–Crippen MR) is 130 cm³/mol. The minimum absolute atomic E-state index is 0.0507. The van der Waals surface area contributed by atoms with Gasteiger partial charge in [0.2, 0.25) is 0 Å². The highest BCUT2D eigenvalue weighted by Crippen LogP contribution is 2.18. The third-order valence-corrected chi connectivity index (χ3v) is 5.06. The van der Waals surface area contributed by atoms with Gasteiger partial charge in [0.25, 0.3) is 5.91 Å². The summed E-state index contributed by atoms with van der Waals surface area (Å²) in [5.74, 6) is -1.10. The lowest BCUT2D eigenvalue weighted by Gasteiger charge is -2.07. The molecule has 0 fully saturated rings. The molecule has 1 heterocycles. The van der Waals surface area contributed by atoms with Crippen molar-refractivity contribution in [1.29, 1.82) is 5.26 Å². The number of rotatable bonds is 7. The van der Waals surface area contributed by atoms with E-state index in [4.69, 9.17) is 9.15 Å². The number of nitrogens with one attached hydrogen (secondary N) is 3. The van der Waals surface area contributed by atoms with Gasteiger partial charge in [-0.15, -0.1) is 0 Å². The zero-order valence-electron chi connectivity index (χ0n) is 19.5. The summed E-state index contributed by atoms with van der Waals surface area (Å²) in [6, 6.07) is 17.0. The molecule has 3 rings (SSSR count). The molecule has 0 radical (unpaired) electrons. The van der Waals surface area contributed by atoms with Gasteiger partial charge < -0.3 is 25.1 Å². The Morgan fingerprint density at radius 2 is 1.69 bits per heavy atom. The zero-order valence-corrected chi connectivity index (χ0v) is 19.5. The summed E-state index contributed by atoms with van der Waals surface area (Å²) in [5.41, 5.74) is 2.89. The summed E-state index contributed by atoms with van der Waals surface area (Å²) in [4.78, 5) is 36.7. The molecule has 9 heteroatoms. The van der Waals surface area contributed by atoms with Crippen molar-refractivity contribution in [2.75, 3.05) is 17.7 Å². The molecule has 35 heavy (non-hydrogen) atoms. The number of anilines is 2. The Balaban J connectivity index is 1.57. The first kappa shape index (κ1) is 24.8. The molecule has 178 valence electrons. The molecule has 0 aliphatic heterocycles. The SMILES string of the molecule is COc1cccc(NC(=O)/C(C#N)=C\c2ccc(CNC(=O)C(=O)Nc3ccc(C)c(C)c3)o2)c1. The topological polar surface area (TPSA) is 133 Å². The van der Waals surface area contributed by atoms with Crippen LogP contribution in [-0.4, -0.2) is 24.8 Å². The average molecular weight is 473 g/mol. The second-order valence-corrected chi connectivity index (χ2v) is 7.60. The van der Waals surface area contributed by atoms with Gasteiger partial charge in [0, 0.05) is 23.5 Å². The van der Waals surface area contributed by atoms with Crippen molar-refractivity contribution in [2.45, 2.75) is 20.4 Å². The standard InChI is InChI=1S/C26H24N4O5/c1-16-7-8-20(11-17(16)2)30-26(33)25(32)28-15-23-10-9-22(35-23)12-18(14-27)24(31)29-19-5-4-6-21(13-19)34-3/h4-13H,15H2,1-3H3,(H,28,32)(H,29,31)(H,30,33)/b18-12-. The minimum atomic E-state index is -0.827. The number of hydrogen-bond acceptors (Lipinski definition) is 6. The highest BCUT2D eigenvalue weighted by atomic mass is 16.5. The Hall–Kier alpha value is -4.84. The number of furan rings is 1. The number of ether oxygens (including phenoxy) is 1. The van der Waals surface area contributed by atoms with Crippen LogP contribution in [0.3, 0.4) is 0 Å². The van der Waals surface area contributed by atoms with Gasteiger partial charge >= 0.3 is 11.8 Å². The Morgan fingerprint density at radius 3 is 2.40 bits per heavy atom. The molecular formula is C26H24N4O5. The fraction of sp³-hybridized carbons (Fsp3) is 0.154. The Kier molecular flexibility index (Phi) is 8.03. The van der Waals surface area contributed by atoms with Gasteiger partial charge in [-0.1, -0.05) is 12.1 Å².